The van der Waals surface area contributed by atoms with E-state index in [0.717, 1.165) is 18.4 Å². The molecule has 5 nitrogen and oxygen atoms in total. The maximum absolute atomic E-state index is 12.0. The molecule has 1 aliphatic carbocycles. The molecule has 0 heterocycles. The third-order valence-electron chi connectivity index (χ3n) is 4.44. The third kappa shape index (κ3) is 5.32. The second kappa shape index (κ2) is 7.93. The fourth-order valence-corrected chi connectivity index (χ4v) is 3.81. The van der Waals surface area contributed by atoms with E-state index in [1.54, 1.807) is 24.3 Å². The third-order valence-corrected chi connectivity index (χ3v) is 5.87. The number of sulfonamides is 1. The number of nitrogens with one attached hydrogen (secondary N) is 2. The standard InChI is InChI=1S/C17H26N2O3S/c1-13-4-3-5-15(12-13)19-17(20)11-8-14-6-9-16(10-7-14)23(21,22)18-2/h6-7,9-10,13,15,18H,3-5,8,11-12H2,1-2H3,(H,19,20). The lowest BCUT2D eigenvalue weighted by Gasteiger charge is -2.27. The van der Waals surface area contributed by atoms with E-state index in [4.69, 9.17) is 0 Å². The van der Waals surface area contributed by atoms with Crippen LogP contribution in [0, 0.1) is 5.92 Å². The van der Waals surface area contributed by atoms with Crippen molar-refractivity contribution in [2.75, 3.05) is 7.05 Å². The summed E-state index contributed by atoms with van der Waals surface area (Å²) in [5.74, 6) is 0.770. The minimum Gasteiger partial charge on any atom is -0.353 e. The normalized spacial score (nSPS) is 21.8. The van der Waals surface area contributed by atoms with Crippen molar-refractivity contribution in [2.24, 2.45) is 5.92 Å². The Balaban J connectivity index is 1.82. The van der Waals surface area contributed by atoms with Crippen LogP contribution in [0.4, 0.5) is 0 Å². The largest absolute Gasteiger partial charge is 0.353 e. The maximum Gasteiger partial charge on any atom is 0.240 e. The number of carbonyl (C=O) groups is 1. The van der Waals surface area contributed by atoms with E-state index >= 15 is 0 Å². The highest BCUT2D eigenvalue weighted by atomic mass is 32.2. The van der Waals surface area contributed by atoms with Crippen molar-refractivity contribution in [1.82, 2.24) is 10.0 Å². The van der Waals surface area contributed by atoms with Crippen LogP contribution in [0.5, 0.6) is 0 Å². The lowest BCUT2D eigenvalue weighted by atomic mass is 9.87. The lowest BCUT2D eigenvalue weighted by molar-refractivity contribution is -0.122. The Hall–Kier alpha value is -1.40. The summed E-state index contributed by atoms with van der Waals surface area (Å²) in [6.45, 7) is 2.24. The van der Waals surface area contributed by atoms with E-state index in [0.29, 0.717) is 24.8 Å². The molecule has 1 aromatic rings. The average Bonchev–Trinajstić information content (AvgIpc) is 2.53. The van der Waals surface area contributed by atoms with Gasteiger partial charge in [0, 0.05) is 12.5 Å². The first-order valence-electron chi connectivity index (χ1n) is 8.22. The van der Waals surface area contributed by atoms with E-state index < -0.39 is 10.0 Å². The summed E-state index contributed by atoms with van der Waals surface area (Å²) in [4.78, 5) is 12.3. The van der Waals surface area contributed by atoms with Crippen LogP contribution in [0.3, 0.4) is 0 Å². The Morgan fingerprint density at radius 3 is 2.52 bits per heavy atom. The highest BCUT2D eigenvalue weighted by molar-refractivity contribution is 7.89. The van der Waals surface area contributed by atoms with Crippen molar-refractivity contribution in [2.45, 2.75) is 56.4 Å². The molecular weight excluding hydrogens is 312 g/mol. The number of hydrogen-bond acceptors (Lipinski definition) is 3. The second-order valence-corrected chi connectivity index (χ2v) is 8.27. The summed E-state index contributed by atoms with van der Waals surface area (Å²) in [6, 6.07) is 6.99. The van der Waals surface area contributed by atoms with Crippen LogP contribution in [0.2, 0.25) is 0 Å². The molecule has 2 atom stereocenters. The van der Waals surface area contributed by atoms with E-state index in [-0.39, 0.29) is 10.8 Å². The summed E-state index contributed by atoms with van der Waals surface area (Å²) in [5.41, 5.74) is 0.965. The highest BCUT2D eigenvalue weighted by Gasteiger charge is 2.20. The summed E-state index contributed by atoms with van der Waals surface area (Å²) in [5, 5.41) is 3.12. The van der Waals surface area contributed by atoms with Gasteiger partial charge >= 0.3 is 0 Å². The molecule has 0 bridgehead atoms. The van der Waals surface area contributed by atoms with Gasteiger partial charge in [-0.05, 0) is 49.9 Å². The molecule has 6 heteroatoms. The fourth-order valence-electron chi connectivity index (χ4n) is 3.08. The Labute approximate surface area is 138 Å². The van der Waals surface area contributed by atoms with Gasteiger partial charge in [-0.3, -0.25) is 4.79 Å². The summed E-state index contributed by atoms with van der Waals surface area (Å²) in [6.07, 6.45) is 5.65. The monoisotopic (exact) mass is 338 g/mol. The number of aryl methyl sites for hydroxylation is 1. The average molecular weight is 338 g/mol. The van der Waals surface area contributed by atoms with Gasteiger partial charge in [0.2, 0.25) is 15.9 Å². The summed E-state index contributed by atoms with van der Waals surface area (Å²) >= 11 is 0. The van der Waals surface area contributed by atoms with E-state index in [2.05, 4.69) is 17.0 Å². The van der Waals surface area contributed by atoms with Gasteiger partial charge in [-0.25, -0.2) is 13.1 Å². The molecule has 1 aliphatic rings. The van der Waals surface area contributed by atoms with Gasteiger partial charge in [-0.2, -0.15) is 0 Å². The van der Waals surface area contributed by atoms with E-state index in [1.807, 2.05) is 0 Å². The molecule has 0 radical (unpaired) electrons. The zero-order valence-electron chi connectivity index (χ0n) is 13.8. The zero-order chi connectivity index (χ0) is 16.9. The van der Waals surface area contributed by atoms with Crippen molar-refractivity contribution in [3.63, 3.8) is 0 Å². The topological polar surface area (TPSA) is 75.3 Å². The van der Waals surface area contributed by atoms with Crippen molar-refractivity contribution >= 4 is 15.9 Å². The minimum atomic E-state index is -3.40. The molecule has 0 saturated heterocycles. The van der Waals surface area contributed by atoms with Gasteiger partial charge in [0.05, 0.1) is 4.90 Å². The molecule has 0 spiro atoms. The van der Waals surface area contributed by atoms with Crippen molar-refractivity contribution in [1.29, 1.82) is 0 Å². The lowest BCUT2D eigenvalue weighted by Crippen LogP contribution is -2.38. The molecule has 1 saturated carbocycles. The zero-order valence-corrected chi connectivity index (χ0v) is 14.7. The smallest absolute Gasteiger partial charge is 0.240 e. The van der Waals surface area contributed by atoms with Crippen LogP contribution >= 0.6 is 0 Å². The molecule has 1 fully saturated rings. The van der Waals surface area contributed by atoms with Crippen LogP contribution < -0.4 is 10.0 Å². The molecular formula is C17H26N2O3S. The van der Waals surface area contributed by atoms with Gasteiger partial charge in [0.1, 0.15) is 0 Å². The molecule has 2 unspecified atom stereocenters. The number of carbonyl (C=O) groups excluding carboxylic acids is 1. The maximum atomic E-state index is 12.0. The number of rotatable bonds is 6. The number of amides is 1. The Kier molecular flexibility index (Phi) is 6.18. The first-order chi connectivity index (χ1) is 10.9. The van der Waals surface area contributed by atoms with Gasteiger partial charge in [0.25, 0.3) is 0 Å². The predicted molar refractivity (Wildman–Crippen MR) is 90.6 cm³/mol. The van der Waals surface area contributed by atoms with Crippen LogP contribution in [-0.4, -0.2) is 27.4 Å². The van der Waals surface area contributed by atoms with Crippen molar-refractivity contribution < 1.29 is 13.2 Å². The van der Waals surface area contributed by atoms with Gasteiger partial charge < -0.3 is 5.32 Å². The van der Waals surface area contributed by atoms with E-state index in [9.17, 15) is 13.2 Å². The van der Waals surface area contributed by atoms with Crippen LogP contribution in [0.15, 0.2) is 29.2 Å². The molecule has 2 rings (SSSR count). The first kappa shape index (κ1) is 17.9. The minimum absolute atomic E-state index is 0.0797. The Morgan fingerprint density at radius 2 is 1.91 bits per heavy atom. The quantitative estimate of drug-likeness (QED) is 0.835. The Morgan fingerprint density at radius 1 is 1.22 bits per heavy atom. The summed E-state index contributed by atoms with van der Waals surface area (Å²) < 4.78 is 25.6. The van der Waals surface area contributed by atoms with Crippen LogP contribution in [-0.2, 0) is 21.2 Å². The SMILES string of the molecule is CNS(=O)(=O)c1ccc(CCC(=O)NC2CCCC(C)C2)cc1. The molecule has 0 aromatic heterocycles. The summed E-state index contributed by atoms with van der Waals surface area (Å²) in [7, 11) is -2.01. The van der Waals surface area contributed by atoms with Gasteiger partial charge in [0.15, 0.2) is 0 Å². The Bertz CT molecular complexity index is 626. The molecule has 1 amide bonds. The van der Waals surface area contributed by atoms with Gasteiger partial charge in [-0.15, -0.1) is 0 Å². The van der Waals surface area contributed by atoms with Crippen LogP contribution in [0.1, 0.15) is 44.6 Å². The van der Waals surface area contributed by atoms with E-state index in [1.165, 1.54) is 19.9 Å². The van der Waals surface area contributed by atoms with Crippen molar-refractivity contribution in [3.05, 3.63) is 29.8 Å². The molecule has 23 heavy (non-hydrogen) atoms. The van der Waals surface area contributed by atoms with Gasteiger partial charge in [-0.1, -0.05) is 31.9 Å². The number of hydrogen-bond donors (Lipinski definition) is 2. The first-order valence-corrected chi connectivity index (χ1v) is 9.71. The molecule has 2 N–H and O–H groups in total. The van der Waals surface area contributed by atoms with Crippen molar-refractivity contribution in [3.8, 4) is 0 Å². The molecule has 0 aliphatic heterocycles. The molecule has 1 aromatic carbocycles. The molecule has 128 valence electrons. The fraction of sp³-hybridized carbons (Fsp3) is 0.588. The second-order valence-electron chi connectivity index (χ2n) is 6.39. The predicted octanol–water partition coefficient (Wildman–Crippen LogP) is 2.22. The van der Waals surface area contributed by atoms with Crippen LogP contribution in [0.25, 0.3) is 0 Å². The number of benzene rings is 1. The highest BCUT2D eigenvalue weighted by Crippen LogP contribution is 2.23.